The van der Waals surface area contributed by atoms with Gasteiger partial charge in [0.15, 0.2) is 5.66 Å². The number of hydrogen-bond donors (Lipinski definition) is 4. The van der Waals surface area contributed by atoms with E-state index in [1.807, 2.05) is 6.07 Å². The van der Waals surface area contributed by atoms with E-state index in [0.717, 1.165) is 31.2 Å². The van der Waals surface area contributed by atoms with E-state index in [4.69, 9.17) is 5.11 Å². The molecule has 1 aromatic carbocycles. The van der Waals surface area contributed by atoms with Crippen molar-refractivity contribution in [3.63, 3.8) is 0 Å². The Balaban J connectivity index is 1.73. The molecule has 1 fully saturated rings. The summed E-state index contributed by atoms with van der Waals surface area (Å²) in [5, 5.41) is 22.4. The molecule has 1 aliphatic rings. The van der Waals surface area contributed by atoms with Crippen LogP contribution >= 0.6 is 8.03 Å². The number of nitrogens with one attached hydrogen (secondary N) is 1. The average Bonchev–Trinajstić information content (AvgIpc) is 2.64. The predicted octanol–water partition coefficient (Wildman–Crippen LogP) is 2.95. The number of hydrogen-bond acceptors (Lipinski definition) is 4. The van der Waals surface area contributed by atoms with E-state index < -0.39 is 20.1 Å². The Morgan fingerprint density at radius 2 is 2.00 bits per heavy atom. The third-order valence-electron chi connectivity index (χ3n) is 5.14. The van der Waals surface area contributed by atoms with Crippen LogP contribution in [0.3, 0.4) is 0 Å². The second-order valence-corrected chi connectivity index (χ2v) is 8.39. The van der Waals surface area contributed by atoms with Crippen molar-refractivity contribution >= 4 is 14.0 Å². The quantitative estimate of drug-likeness (QED) is 0.366. The van der Waals surface area contributed by atoms with Gasteiger partial charge in [-0.1, -0.05) is 31.4 Å². The molecule has 3 atom stereocenters. The molecular formula is C19H29NO5P+. The fourth-order valence-corrected chi connectivity index (χ4v) is 4.79. The highest BCUT2D eigenvalue weighted by Crippen LogP contribution is 2.40. The number of aromatic carboxylic acids is 1. The van der Waals surface area contributed by atoms with E-state index >= 15 is 0 Å². The predicted molar refractivity (Wildman–Crippen MR) is 101 cm³/mol. The summed E-state index contributed by atoms with van der Waals surface area (Å²) >= 11 is 0. The van der Waals surface area contributed by atoms with E-state index in [0.29, 0.717) is 25.9 Å². The Morgan fingerprint density at radius 3 is 2.65 bits per heavy atom. The molecule has 2 unspecified atom stereocenters. The van der Waals surface area contributed by atoms with Gasteiger partial charge in [-0.25, -0.2) is 4.79 Å². The van der Waals surface area contributed by atoms with Crippen LogP contribution in [0.1, 0.15) is 54.4 Å². The van der Waals surface area contributed by atoms with E-state index in [-0.39, 0.29) is 17.1 Å². The molecule has 26 heavy (non-hydrogen) atoms. The zero-order valence-electron chi connectivity index (χ0n) is 15.0. The average molecular weight is 382 g/mol. The zero-order chi connectivity index (χ0) is 18.9. The number of carboxylic acids is 1. The Kier molecular flexibility index (Phi) is 8.66. The summed E-state index contributed by atoms with van der Waals surface area (Å²) in [7, 11) is -2.28. The zero-order valence-corrected chi connectivity index (χ0v) is 15.9. The minimum atomic E-state index is -2.28. The highest BCUT2D eigenvalue weighted by Gasteiger charge is 2.39. The van der Waals surface area contributed by atoms with Gasteiger partial charge in [-0.15, -0.1) is 0 Å². The molecule has 0 aromatic heterocycles. The standard InChI is InChI=1S/C19H28NO5P/c21-17(12-18(26(24)25)15-6-2-1-3-7-15)13-20-10-9-14-5-4-8-16(11-14)19(22)23/h4-5,8,11,15,17-18,20-21H,1-3,6-7,9-10,12-13H2,(H-,22,23,24,25)/p+1/t17-,18?/m0/s1. The molecular weight excluding hydrogens is 353 g/mol. The molecule has 0 heterocycles. The highest BCUT2D eigenvalue weighted by molar-refractivity contribution is 7.38. The molecule has 7 heteroatoms. The minimum absolute atomic E-state index is 0.241. The maximum Gasteiger partial charge on any atom is 0.509 e. The summed E-state index contributed by atoms with van der Waals surface area (Å²) in [5.41, 5.74) is 0.865. The second kappa shape index (κ2) is 10.7. The van der Waals surface area contributed by atoms with Crippen LogP contribution in [-0.2, 0) is 11.0 Å². The number of carboxylic acid groups (broad SMARTS) is 1. The van der Waals surface area contributed by atoms with Gasteiger partial charge in [0.1, 0.15) is 0 Å². The lowest BCUT2D eigenvalue weighted by Gasteiger charge is -2.24. The monoisotopic (exact) mass is 382 g/mol. The van der Waals surface area contributed by atoms with E-state index in [9.17, 15) is 19.4 Å². The Hall–Kier alpha value is -1.33. The molecule has 4 N–H and O–H groups in total. The van der Waals surface area contributed by atoms with Crippen molar-refractivity contribution in [1.82, 2.24) is 5.32 Å². The molecule has 0 spiro atoms. The number of benzene rings is 1. The molecule has 144 valence electrons. The smallest absolute Gasteiger partial charge is 0.478 e. The van der Waals surface area contributed by atoms with Gasteiger partial charge in [0.2, 0.25) is 0 Å². The number of aliphatic hydroxyl groups is 1. The highest BCUT2D eigenvalue weighted by atomic mass is 31.1. The summed E-state index contributed by atoms with van der Waals surface area (Å²) < 4.78 is 11.7. The summed E-state index contributed by atoms with van der Waals surface area (Å²) in [6.45, 7) is 0.977. The van der Waals surface area contributed by atoms with Crippen molar-refractivity contribution in [1.29, 1.82) is 0 Å². The van der Waals surface area contributed by atoms with Crippen molar-refractivity contribution in [2.75, 3.05) is 13.1 Å². The van der Waals surface area contributed by atoms with E-state index in [1.54, 1.807) is 18.2 Å². The summed E-state index contributed by atoms with van der Waals surface area (Å²) in [6.07, 6.45) is 5.71. The van der Waals surface area contributed by atoms with Gasteiger partial charge >= 0.3 is 14.0 Å². The first kappa shape index (κ1) is 21.0. The van der Waals surface area contributed by atoms with Crippen LogP contribution in [0.5, 0.6) is 0 Å². The third-order valence-corrected chi connectivity index (χ3v) is 6.34. The van der Waals surface area contributed by atoms with E-state index in [2.05, 4.69) is 5.32 Å². The summed E-state index contributed by atoms with van der Waals surface area (Å²) in [5.74, 6) is -0.701. The normalized spacial score (nSPS) is 18.3. The minimum Gasteiger partial charge on any atom is -0.478 e. The first-order valence-electron chi connectivity index (χ1n) is 9.33. The van der Waals surface area contributed by atoms with Crippen LogP contribution < -0.4 is 5.32 Å². The lowest BCUT2D eigenvalue weighted by Crippen LogP contribution is -2.33. The Morgan fingerprint density at radius 1 is 1.27 bits per heavy atom. The van der Waals surface area contributed by atoms with Crippen LogP contribution in [0.15, 0.2) is 24.3 Å². The maximum atomic E-state index is 11.7. The molecule has 1 aliphatic carbocycles. The first-order chi connectivity index (χ1) is 12.5. The molecule has 0 bridgehead atoms. The number of rotatable bonds is 10. The van der Waals surface area contributed by atoms with Gasteiger partial charge in [0, 0.05) is 18.9 Å². The molecule has 0 amide bonds. The van der Waals surface area contributed by atoms with Crippen LogP contribution in [0.4, 0.5) is 0 Å². The lowest BCUT2D eigenvalue weighted by molar-refractivity contribution is 0.0696. The van der Waals surface area contributed by atoms with Crippen LogP contribution in [0.2, 0.25) is 0 Å². The Labute approximate surface area is 155 Å². The summed E-state index contributed by atoms with van der Waals surface area (Å²) in [4.78, 5) is 20.6. The molecule has 2 rings (SSSR count). The van der Waals surface area contributed by atoms with Crippen molar-refractivity contribution < 1.29 is 24.5 Å². The molecule has 1 aromatic rings. The van der Waals surface area contributed by atoms with Crippen molar-refractivity contribution in [2.24, 2.45) is 5.92 Å². The molecule has 0 radical (unpaired) electrons. The summed E-state index contributed by atoms with van der Waals surface area (Å²) in [6, 6.07) is 6.81. The van der Waals surface area contributed by atoms with Gasteiger partial charge in [-0.05, 0) is 48.1 Å². The van der Waals surface area contributed by atoms with Gasteiger partial charge in [-0.3, -0.25) is 0 Å². The van der Waals surface area contributed by atoms with Crippen molar-refractivity contribution in [3.05, 3.63) is 35.4 Å². The van der Waals surface area contributed by atoms with Gasteiger partial charge < -0.3 is 15.5 Å². The fraction of sp³-hybridized carbons (Fsp3) is 0.632. The van der Waals surface area contributed by atoms with Gasteiger partial charge in [-0.2, -0.15) is 4.89 Å². The van der Waals surface area contributed by atoms with Crippen LogP contribution in [-0.4, -0.2) is 45.9 Å². The fourth-order valence-electron chi connectivity index (χ4n) is 3.71. The van der Waals surface area contributed by atoms with Crippen molar-refractivity contribution in [3.8, 4) is 0 Å². The maximum absolute atomic E-state index is 11.7. The third kappa shape index (κ3) is 6.76. The SMILES string of the molecule is O=C(O)c1cccc(CCNC[C@@H](O)CC(C2CCCCC2)[P+](=O)O)c1. The molecule has 1 saturated carbocycles. The molecule has 6 nitrogen and oxygen atoms in total. The lowest BCUT2D eigenvalue weighted by atomic mass is 9.85. The van der Waals surface area contributed by atoms with Crippen LogP contribution in [0, 0.1) is 5.92 Å². The molecule has 0 saturated heterocycles. The molecule has 0 aliphatic heterocycles. The largest absolute Gasteiger partial charge is 0.509 e. The second-order valence-electron chi connectivity index (χ2n) is 7.12. The van der Waals surface area contributed by atoms with E-state index in [1.165, 1.54) is 6.42 Å². The Bertz CT molecular complexity index is 603. The van der Waals surface area contributed by atoms with Crippen LogP contribution in [0.25, 0.3) is 0 Å². The number of aliphatic hydroxyl groups excluding tert-OH is 1. The van der Waals surface area contributed by atoms with Crippen molar-refractivity contribution in [2.45, 2.75) is 56.7 Å². The number of carbonyl (C=O) groups is 1. The first-order valence-corrected chi connectivity index (χ1v) is 10.6. The van der Waals surface area contributed by atoms with Gasteiger partial charge in [0.05, 0.1) is 11.7 Å². The topological polar surface area (TPSA) is 107 Å². The van der Waals surface area contributed by atoms with Gasteiger partial charge in [0.25, 0.3) is 0 Å².